The van der Waals surface area contributed by atoms with Crippen LogP contribution in [0, 0.1) is 0 Å². The Kier molecular flexibility index (Phi) is 6.54. The van der Waals surface area contributed by atoms with E-state index >= 15 is 0 Å². The molecule has 1 aromatic carbocycles. The van der Waals surface area contributed by atoms with E-state index in [1.165, 1.54) is 0 Å². The predicted octanol–water partition coefficient (Wildman–Crippen LogP) is 3.28. The lowest BCUT2D eigenvalue weighted by Crippen LogP contribution is -2.24. The van der Waals surface area contributed by atoms with E-state index in [1.807, 2.05) is 24.3 Å². The van der Waals surface area contributed by atoms with Crippen molar-refractivity contribution in [2.45, 2.75) is 39.1 Å². The van der Waals surface area contributed by atoms with Crippen LogP contribution in [0.5, 0.6) is 0 Å². The highest BCUT2D eigenvalue weighted by Gasteiger charge is 2.10. The highest BCUT2D eigenvalue weighted by atomic mass is 16.5. The van der Waals surface area contributed by atoms with Gasteiger partial charge in [0.2, 0.25) is 0 Å². The van der Waals surface area contributed by atoms with Gasteiger partial charge in [-0.2, -0.15) is 0 Å². The van der Waals surface area contributed by atoms with Gasteiger partial charge >= 0.3 is 0 Å². The Balaban J connectivity index is 2.78. The molecule has 2 unspecified atom stereocenters. The van der Waals surface area contributed by atoms with Crippen molar-refractivity contribution >= 4 is 11.4 Å². The number of ether oxygens (including phenoxy) is 2. The standard InChI is InChI=1S/C14H24N2O2/c1-5-13(17-3)15-11-9-7-8-10-12(11)16-14(6-2)18-4/h7-10,13-16H,5-6H2,1-4H3. The van der Waals surface area contributed by atoms with Gasteiger partial charge in [-0.1, -0.05) is 26.0 Å². The van der Waals surface area contributed by atoms with Crippen LogP contribution < -0.4 is 10.6 Å². The minimum absolute atomic E-state index is 0.0237. The van der Waals surface area contributed by atoms with Gasteiger partial charge in [-0.05, 0) is 25.0 Å². The van der Waals surface area contributed by atoms with Crippen molar-refractivity contribution in [3.8, 4) is 0 Å². The van der Waals surface area contributed by atoms with Gasteiger partial charge in [-0.25, -0.2) is 0 Å². The van der Waals surface area contributed by atoms with Gasteiger partial charge in [0.1, 0.15) is 12.5 Å². The second-order valence-electron chi connectivity index (χ2n) is 4.10. The van der Waals surface area contributed by atoms with Crippen molar-refractivity contribution in [2.75, 3.05) is 24.9 Å². The first-order valence-electron chi connectivity index (χ1n) is 6.42. The lowest BCUT2D eigenvalue weighted by molar-refractivity contribution is 0.120. The highest BCUT2D eigenvalue weighted by Crippen LogP contribution is 2.23. The molecule has 0 heterocycles. The predicted molar refractivity (Wildman–Crippen MR) is 75.9 cm³/mol. The number of benzene rings is 1. The smallest absolute Gasteiger partial charge is 0.127 e. The van der Waals surface area contributed by atoms with Crippen LogP contribution in [0.3, 0.4) is 0 Å². The lowest BCUT2D eigenvalue weighted by atomic mass is 10.2. The monoisotopic (exact) mass is 252 g/mol. The summed E-state index contributed by atoms with van der Waals surface area (Å²) in [5, 5.41) is 6.72. The van der Waals surface area contributed by atoms with Crippen LogP contribution in [0.2, 0.25) is 0 Å². The summed E-state index contributed by atoms with van der Waals surface area (Å²) >= 11 is 0. The van der Waals surface area contributed by atoms with Crippen LogP contribution in [0.4, 0.5) is 11.4 Å². The van der Waals surface area contributed by atoms with Gasteiger partial charge in [-0.3, -0.25) is 0 Å². The maximum atomic E-state index is 5.35. The zero-order chi connectivity index (χ0) is 13.4. The molecular formula is C14H24N2O2. The average molecular weight is 252 g/mol. The normalized spacial score (nSPS) is 14.0. The second kappa shape index (κ2) is 7.95. The van der Waals surface area contributed by atoms with Crippen LogP contribution in [0.1, 0.15) is 26.7 Å². The first-order chi connectivity index (χ1) is 8.74. The van der Waals surface area contributed by atoms with Crippen LogP contribution in [-0.2, 0) is 9.47 Å². The largest absolute Gasteiger partial charge is 0.362 e. The minimum Gasteiger partial charge on any atom is -0.362 e. The van der Waals surface area contributed by atoms with Crippen molar-refractivity contribution in [2.24, 2.45) is 0 Å². The van der Waals surface area contributed by atoms with E-state index < -0.39 is 0 Å². The molecule has 1 rings (SSSR count). The summed E-state index contributed by atoms with van der Waals surface area (Å²) in [7, 11) is 3.42. The number of rotatable bonds is 8. The molecule has 4 nitrogen and oxygen atoms in total. The number of hydrogen-bond acceptors (Lipinski definition) is 4. The van der Waals surface area contributed by atoms with E-state index in [2.05, 4.69) is 24.5 Å². The summed E-state index contributed by atoms with van der Waals surface area (Å²) in [6.07, 6.45) is 1.87. The van der Waals surface area contributed by atoms with Crippen molar-refractivity contribution < 1.29 is 9.47 Å². The van der Waals surface area contributed by atoms with E-state index in [0.717, 1.165) is 24.2 Å². The molecule has 2 N–H and O–H groups in total. The van der Waals surface area contributed by atoms with Crippen LogP contribution in [-0.4, -0.2) is 26.7 Å². The molecule has 0 saturated heterocycles. The lowest BCUT2D eigenvalue weighted by Gasteiger charge is -2.22. The van der Waals surface area contributed by atoms with Crippen molar-refractivity contribution in [1.29, 1.82) is 0 Å². The summed E-state index contributed by atoms with van der Waals surface area (Å²) in [6, 6.07) is 8.08. The molecule has 0 saturated carbocycles. The third-order valence-electron chi connectivity index (χ3n) is 2.87. The highest BCUT2D eigenvalue weighted by molar-refractivity contribution is 5.68. The molecule has 0 spiro atoms. The Morgan fingerprint density at radius 2 is 1.28 bits per heavy atom. The van der Waals surface area contributed by atoms with Gasteiger partial charge in [0.15, 0.2) is 0 Å². The number of hydrogen-bond donors (Lipinski definition) is 2. The second-order valence-corrected chi connectivity index (χ2v) is 4.10. The number of anilines is 2. The molecule has 0 amide bonds. The van der Waals surface area contributed by atoms with Gasteiger partial charge in [0, 0.05) is 14.2 Å². The Labute approximate surface area is 110 Å². The van der Waals surface area contributed by atoms with Crippen LogP contribution in [0.25, 0.3) is 0 Å². The SMILES string of the molecule is CCC(Nc1ccccc1NC(CC)OC)OC. The van der Waals surface area contributed by atoms with E-state index in [4.69, 9.17) is 9.47 Å². The Morgan fingerprint density at radius 3 is 1.56 bits per heavy atom. The molecular weight excluding hydrogens is 228 g/mol. The van der Waals surface area contributed by atoms with E-state index in [0.29, 0.717) is 0 Å². The van der Waals surface area contributed by atoms with Crippen molar-refractivity contribution in [3.63, 3.8) is 0 Å². The number of methoxy groups -OCH3 is 2. The molecule has 0 radical (unpaired) electrons. The van der Waals surface area contributed by atoms with E-state index in [9.17, 15) is 0 Å². The molecule has 0 bridgehead atoms. The summed E-state index contributed by atoms with van der Waals surface area (Å²) < 4.78 is 10.7. The average Bonchev–Trinajstić information content (AvgIpc) is 2.43. The van der Waals surface area contributed by atoms with Crippen molar-refractivity contribution in [1.82, 2.24) is 0 Å². The third-order valence-corrected chi connectivity index (χ3v) is 2.87. The van der Waals surface area contributed by atoms with Crippen LogP contribution >= 0.6 is 0 Å². The van der Waals surface area contributed by atoms with Gasteiger partial charge < -0.3 is 20.1 Å². The molecule has 0 aliphatic heterocycles. The molecule has 0 fully saturated rings. The molecule has 102 valence electrons. The molecule has 0 aliphatic carbocycles. The Morgan fingerprint density at radius 1 is 0.889 bits per heavy atom. The van der Waals surface area contributed by atoms with E-state index in [-0.39, 0.29) is 12.5 Å². The van der Waals surface area contributed by atoms with Gasteiger partial charge in [0.05, 0.1) is 11.4 Å². The molecule has 4 heteroatoms. The molecule has 0 aromatic heterocycles. The van der Waals surface area contributed by atoms with Crippen LogP contribution in [0.15, 0.2) is 24.3 Å². The zero-order valence-corrected chi connectivity index (χ0v) is 11.7. The first-order valence-corrected chi connectivity index (χ1v) is 6.42. The summed E-state index contributed by atoms with van der Waals surface area (Å²) in [5.74, 6) is 0. The third kappa shape index (κ3) is 4.20. The zero-order valence-electron chi connectivity index (χ0n) is 11.7. The summed E-state index contributed by atoms with van der Waals surface area (Å²) in [6.45, 7) is 4.17. The summed E-state index contributed by atoms with van der Waals surface area (Å²) in [5.41, 5.74) is 2.06. The fourth-order valence-corrected chi connectivity index (χ4v) is 1.74. The van der Waals surface area contributed by atoms with Gasteiger partial charge in [0.25, 0.3) is 0 Å². The topological polar surface area (TPSA) is 42.5 Å². The number of nitrogens with one attached hydrogen (secondary N) is 2. The number of para-hydroxylation sites is 2. The molecule has 1 aromatic rings. The summed E-state index contributed by atoms with van der Waals surface area (Å²) in [4.78, 5) is 0. The maximum Gasteiger partial charge on any atom is 0.127 e. The molecule has 18 heavy (non-hydrogen) atoms. The molecule has 2 atom stereocenters. The first kappa shape index (κ1) is 14.8. The molecule has 0 aliphatic rings. The minimum atomic E-state index is 0.0237. The fourth-order valence-electron chi connectivity index (χ4n) is 1.74. The van der Waals surface area contributed by atoms with Crippen molar-refractivity contribution in [3.05, 3.63) is 24.3 Å². The maximum absolute atomic E-state index is 5.35. The Bertz CT molecular complexity index is 303. The Hall–Kier alpha value is -1.26. The van der Waals surface area contributed by atoms with Gasteiger partial charge in [-0.15, -0.1) is 0 Å². The van der Waals surface area contributed by atoms with E-state index in [1.54, 1.807) is 14.2 Å². The fraction of sp³-hybridized carbons (Fsp3) is 0.571. The quantitative estimate of drug-likeness (QED) is 0.697.